The molecule has 0 bridgehead atoms. The second-order valence-electron chi connectivity index (χ2n) is 8.72. The van der Waals surface area contributed by atoms with Crippen molar-refractivity contribution >= 4 is 34.2 Å². The average molecular weight is 462 g/mol. The molecule has 3 heterocycles. The van der Waals surface area contributed by atoms with E-state index in [0.29, 0.717) is 37.1 Å². The lowest BCUT2D eigenvalue weighted by atomic mass is 10.1. The van der Waals surface area contributed by atoms with E-state index in [9.17, 15) is 0 Å². The SMILES string of the molecule is COc1cc(OC)c(F)c(N2CCN(C(C)C)Cc3c2ccc2ncc(C4=CCN=C4)nc32)c1. The van der Waals surface area contributed by atoms with E-state index in [-0.39, 0.29) is 5.75 Å². The number of hydrogen-bond acceptors (Lipinski definition) is 7. The number of rotatable bonds is 5. The lowest BCUT2D eigenvalue weighted by Gasteiger charge is -2.27. The summed E-state index contributed by atoms with van der Waals surface area (Å²) in [5, 5.41) is 0. The summed E-state index contributed by atoms with van der Waals surface area (Å²) in [7, 11) is 3.03. The van der Waals surface area contributed by atoms with Gasteiger partial charge in [0.15, 0.2) is 11.6 Å². The largest absolute Gasteiger partial charge is 0.497 e. The molecule has 0 atom stereocenters. The summed E-state index contributed by atoms with van der Waals surface area (Å²) in [6.45, 7) is 7.06. The number of aliphatic imine (C=N–C) groups is 1. The number of ether oxygens (including phenoxy) is 2. The van der Waals surface area contributed by atoms with Crippen molar-refractivity contribution in [2.45, 2.75) is 26.4 Å². The summed E-state index contributed by atoms with van der Waals surface area (Å²) in [6.07, 6.45) is 5.67. The number of benzene rings is 2. The predicted molar refractivity (Wildman–Crippen MR) is 133 cm³/mol. The van der Waals surface area contributed by atoms with Crippen LogP contribution in [0.25, 0.3) is 16.6 Å². The van der Waals surface area contributed by atoms with Crippen molar-refractivity contribution in [1.29, 1.82) is 0 Å². The topological polar surface area (TPSA) is 63.1 Å². The Hall–Kier alpha value is -3.52. The zero-order valence-electron chi connectivity index (χ0n) is 19.9. The Morgan fingerprint density at radius 1 is 1.06 bits per heavy atom. The van der Waals surface area contributed by atoms with Crippen LogP contribution >= 0.6 is 0 Å². The van der Waals surface area contributed by atoms with E-state index in [1.165, 1.54) is 7.11 Å². The third kappa shape index (κ3) is 3.88. The maximum Gasteiger partial charge on any atom is 0.188 e. The van der Waals surface area contributed by atoms with Crippen LogP contribution in [0.4, 0.5) is 15.8 Å². The molecule has 7 nitrogen and oxygen atoms in total. The molecule has 2 aromatic carbocycles. The molecule has 0 fully saturated rings. The van der Waals surface area contributed by atoms with Crippen LogP contribution in [-0.4, -0.2) is 61.0 Å². The van der Waals surface area contributed by atoms with Gasteiger partial charge in [-0.3, -0.25) is 14.9 Å². The summed E-state index contributed by atoms with van der Waals surface area (Å²) in [5.41, 5.74) is 5.75. The fraction of sp³-hybridized carbons (Fsp3) is 0.346. The Morgan fingerprint density at radius 2 is 1.91 bits per heavy atom. The molecule has 0 unspecified atom stereocenters. The van der Waals surface area contributed by atoms with Crippen LogP contribution in [0, 0.1) is 5.82 Å². The number of hydrogen-bond donors (Lipinski definition) is 0. The van der Waals surface area contributed by atoms with Crippen molar-refractivity contribution in [3.63, 3.8) is 0 Å². The molecule has 3 aromatic rings. The van der Waals surface area contributed by atoms with Gasteiger partial charge in [-0.15, -0.1) is 0 Å². The summed E-state index contributed by atoms with van der Waals surface area (Å²) in [4.78, 5) is 18.4. The molecule has 34 heavy (non-hydrogen) atoms. The molecule has 0 saturated heterocycles. The number of nitrogens with zero attached hydrogens (tertiary/aromatic N) is 5. The Labute approximate surface area is 198 Å². The minimum absolute atomic E-state index is 0.149. The highest BCUT2D eigenvalue weighted by Gasteiger charge is 2.28. The molecule has 176 valence electrons. The lowest BCUT2D eigenvalue weighted by Crippen LogP contribution is -2.34. The Balaban J connectivity index is 1.73. The van der Waals surface area contributed by atoms with Gasteiger partial charge in [-0.05, 0) is 26.0 Å². The molecule has 8 heteroatoms. The first kappa shape index (κ1) is 22.3. The smallest absolute Gasteiger partial charge is 0.188 e. The standard InChI is InChI=1S/C26H28FN5O2/c1-16(2)31-9-10-32(23-11-18(33-3)12-24(34-4)25(23)27)22-6-5-20-26(19(22)15-31)30-21(14-29-20)17-7-8-28-13-17/h5-7,11-14,16H,8-10,15H2,1-4H3. The van der Waals surface area contributed by atoms with Crippen LogP contribution in [0.15, 0.2) is 41.5 Å². The zero-order chi connectivity index (χ0) is 23.8. The van der Waals surface area contributed by atoms with E-state index < -0.39 is 5.82 Å². The van der Waals surface area contributed by atoms with Gasteiger partial charge < -0.3 is 14.4 Å². The summed E-state index contributed by atoms with van der Waals surface area (Å²) >= 11 is 0. The summed E-state index contributed by atoms with van der Waals surface area (Å²) < 4.78 is 26.3. The minimum atomic E-state index is -0.417. The van der Waals surface area contributed by atoms with Crippen molar-refractivity contribution in [1.82, 2.24) is 14.9 Å². The first-order chi connectivity index (χ1) is 16.5. The third-order valence-corrected chi connectivity index (χ3v) is 6.47. The third-order valence-electron chi connectivity index (χ3n) is 6.47. The first-order valence-electron chi connectivity index (χ1n) is 11.4. The lowest BCUT2D eigenvalue weighted by molar-refractivity contribution is 0.224. The van der Waals surface area contributed by atoms with E-state index in [0.717, 1.165) is 40.1 Å². The maximum absolute atomic E-state index is 15.6. The Morgan fingerprint density at radius 3 is 2.62 bits per heavy atom. The zero-order valence-corrected chi connectivity index (χ0v) is 19.9. The molecule has 5 rings (SSSR count). The van der Waals surface area contributed by atoms with Gasteiger partial charge in [0.05, 0.1) is 49.4 Å². The summed E-state index contributed by atoms with van der Waals surface area (Å²) in [6, 6.07) is 7.56. The molecule has 0 saturated carbocycles. The monoisotopic (exact) mass is 461 g/mol. The molecular formula is C26H28FN5O2. The molecule has 0 aliphatic carbocycles. The predicted octanol–water partition coefficient (Wildman–Crippen LogP) is 4.62. The molecule has 0 N–H and O–H groups in total. The highest BCUT2D eigenvalue weighted by atomic mass is 19.1. The van der Waals surface area contributed by atoms with Crippen LogP contribution in [0.2, 0.25) is 0 Å². The van der Waals surface area contributed by atoms with Gasteiger partial charge in [0.2, 0.25) is 0 Å². The molecule has 0 radical (unpaired) electrons. The normalized spacial score (nSPS) is 16.1. The van der Waals surface area contributed by atoms with Crippen molar-refractivity contribution in [3.05, 3.63) is 53.6 Å². The Kier molecular flexibility index (Phi) is 5.91. The number of fused-ring (bicyclic) bond motifs is 3. The fourth-order valence-electron chi connectivity index (χ4n) is 4.54. The Bertz CT molecular complexity index is 1300. The molecule has 0 amide bonds. The average Bonchev–Trinajstić information content (AvgIpc) is 3.31. The molecule has 1 aromatic heterocycles. The molecule has 0 spiro atoms. The van der Waals surface area contributed by atoms with Crippen LogP contribution in [0.3, 0.4) is 0 Å². The second-order valence-corrected chi connectivity index (χ2v) is 8.72. The quantitative estimate of drug-likeness (QED) is 0.553. The van der Waals surface area contributed by atoms with Crippen LogP contribution in [-0.2, 0) is 6.54 Å². The van der Waals surface area contributed by atoms with Crippen LogP contribution in [0.1, 0.15) is 25.1 Å². The molecule has 2 aliphatic heterocycles. The van der Waals surface area contributed by atoms with E-state index in [2.05, 4.69) is 28.7 Å². The van der Waals surface area contributed by atoms with Crippen molar-refractivity contribution < 1.29 is 13.9 Å². The number of allylic oxidation sites excluding steroid dienone is 1. The minimum Gasteiger partial charge on any atom is -0.497 e. The van der Waals surface area contributed by atoms with Gasteiger partial charge in [0, 0.05) is 60.8 Å². The van der Waals surface area contributed by atoms with Crippen LogP contribution < -0.4 is 14.4 Å². The van der Waals surface area contributed by atoms with E-state index >= 15 is 4.39 Å². The van der Waals surface area contributed by atoms with Gasteiger partial charge in [0.1, 0.15) is 5.75 Å². The first-order valence-corrected chi connectivity index (χ1v) is 11.4. The highest BCUT2D eigenvalue weighted by Crippen LogP contribution is 2.40. The number of methoxy groups -OCH3 is 2. The van der Waals surface area contributed by atoms with Crippen molar-refractivity contribution in [2.24, 2.45) is 4.99 Å². The molecule has 2 aliphatic rings. The van der Waals surface area contributed by atoms with Gasteiger partial charge >= 0.3 is 0 Å². The van der Waals surface area contributed by atoms with Crippen LogP contribution in [0.5, 0.6) is 11.5 Å². The van der Waals surface area contributed by atoms with E-state index in [1.54, 1.807) is 25.4 Å². The second kappa shape index (κ2) is 9.02. The molecular weight excluding hydrogens is 433 g/mol. The van der Waals surface area contributed by atoms with Gasteiger partial charge in [-0.2, -0.15) is 0 Å². The van der Waals surface area contributed by atoms with E-state index in [4.69, 9.17) is 14.5 Å². The van der Waals surface area contributed by atoms with Gasteiger partial charge in [-0.25, -0.2) is 9.37 Å². The van der Waals surface area contributed by atoms with Crippen molar-refractivity contribution in [3.8, 4) is 11.5 Å². The van der Waals surface area contributed by atoms with Gasteiger partial charge in [0.25, 0.3) is 0 Å². The number of aromatic nitrogens is 2. The maximum atomic E-state index is 15.6. The summed E-state index contributed by atoms with van der Waals surface area (Å²) in [5.74, 6) is 0.269. The van der Waals surface area contributed by atoms with Crippen molar-refractivity contribution in [2.75, 3.05) is 38.8 Å². The number of halogens is 1. The van der Waals surface area contributed by atoms with E-state index in [1.807, 2.05) is 29.3 Å². The highest BCUT2D eigenvalue weighted by molar-refractivity contribution is 6.11. The van der Waals surface area contributed by atoms with Gasteiger partial charge in [-0.1, -0.05) is 6.08 Å². The number of anilines is 2. The fourth-order valence-corrected chi connectivity index (χ4v) is 4.54.